The summed E-state index contributed by atoms with van der Waals surface area (Å²) < 4.78 is 27.0. The maximum atomic E-state index is 12.3. The van der Waals surface area contributed by atoms with Crippen molar-refractivity contribution in [3.63, 3.8) is 0 Å². The van der Waals surface area contributed by atoms with E-state index in [2.05, 4.69) is 16.1 Å². The molecule has 0 aromatic heterocycles. The molecule has 0 amide bonds. The number of nitrogens with one attached hydrogen (secondary N) is 2. The number of rotatable bonds is 6. The molecule has 0 radical (unpaired) electrons. The van der Waals surface area contributed by atoms with Gasteiger partial charge in [0, 0.05) is 12.1 Å². The van der Waals surface area contributed by atoms with Crippen LogP contribution >= 0.6 is 0 Å². The zero-order valence-electron chi connectivity index (χ0n) is 14.6. The Labute approximate surface area is 152 Å². The molecule has 2 aromatic carbocycles. The van der Waals surface area contributed by atoms with Crippen molar-refractivity contribution in [1.29, 1.82) is 0 Å². The minimum Gasteiger partial charge on any atom is -0.373 e. The van der Waals surface area contributed by atoms with Crippen molar-refractivity contribution in [3.8, 4) is 0 Å². The van der Waals surface area contributed by atoms with Crippen molar-refractivity contribution in [1.82, 2.24) is 4.72 Å². The fourth-order valence-corrected chi connectivity index (χ4v) is 4.50. The van der Waals surface area contributed by atoms with Crippen molar-refractivity contribution in [2.24, 2.45) is 0 Å². The molecule has 8 heteroatoms. The van der Waals surface area contributed by atoms with Gasteiger partial charge in [-0.2, -0.15) is 0 Å². The molecular formula is C18H21N3O4S. The molecule has 26 heavy (non-hydrogen) atoms. The molecule has 2 N–H and O–H groups in total. The summed E-state index contributed by atoms with van der Waals surface area (Å²) in [5.41, 5.74) is 2.43. The van der Waals surface area contributed by atoms with Gasteiger partial charge in [0.1, 0.15) is 5.69 Å². The molecule has 7 nitrogen and oxygen atoms in total. The topological polar surface area (TPSA) is 101 Å². The molecule has 138 valence electrons. The highest BCUT2D eigenvalue weighted by Gasteiger charge is 2.26. The van der Waals surface area contributed by atoms with E-state index in [1.54, 1.807) is 13.8 Å². The first-order valence-electron chi connectivity index (χ1n) is 8.43. The predicted octanol–water partition coefficient (Wildman–Crippen LogP) is 3.38. The number of anilines is 1. The second-order valence-electron chi connectivity index (χ2n) is 6.65. The van der Waals surface area contributed by atoms with Gasteiger partial charge in [0.25, 0.3) is 5.69 Å². The number of nitrogens with zero attached hydrogens (tertiary/aromatic N) is 1. The Bertz CT molecular complexity index is 941. The quantitative estimate of drug-likeness (QED) is 0.595. The molecule has 3 rings (SSSR count). The van der Waals surface area contributed by atoms with Gasteiger partial charge in [0.2, 0.25) is 10.0 Å². The minimum absolute atomic E-state index is 0.0267. The predicted molar refractivity (Wildman–Crippen MR) is 99.7 cm³/mol. The summed E-state index contributed by atoms with van der Waals surface area (Å²) in [6.45, 7) is 3.39. The molecule has 0 bridgehead atoms. The molecular weight excluding hydrogens is 354 g/mol. The molecule has 0 aliphatic heterocycles. The maximum Gasteiger partial charge on any atom is 0.293 e. The van der Waals surface area contributed by atoms with E-state index in [9.17, 15) is 18.5 Å². The molecule has 1 aliphatic rings. The van der Waals surface area contributed by atoms with Crippen LogP contribution in [0.3, 0.4) is 0 Å². The highest BCUT2D eigenvalue weighted by molar-refractivity contribution is 7.89. The van der Waals surface area contributed by atoms with Gasteiger partial charge in [-0.1, -0.05) is 24.3 Å². The van der Waals surface area contributed by atoms with E-state index in [1.807, 2.05) is 18.2 Å². The summed E-state index contributed by atoms with van der Waals surface area (Å²) in [7, 11) is -3.79. The number of hydrogen-bond acceptors (Lipinski definition) is 5. The summed E-state index contributed by atoms with van der Waals surface area (Å²) in [4.78, 5) is 10.8. The number of aryl methyl sites for hydroxylation is 1. The van der Waals surface area contributed by atoms with Crippen LogP contribution in [0, 0.1) is 10.1 Å². The molecule has 0 saturated heterocycles. The zero-order chi connectivity index (χ0) is 18.9. The average molecular weight is 375 g/mol. The molecule has 0 fully saturated rings. The van der Waals surface area contributed by atoms with Crippen molar-refractivity contribution in [2.45, 2.75) is 43.7 Å². The summed E-state index contributed by atoms with van der Waals surface area (Å²) in [6.07, 6.45) is 1.75. The molecule has 0 heterocycles. The molecule has 1 atom stereocenters. The van der Waals surface area contributed by atoms with Crippen LogP contribution in [0.15, 0.2) is 47.4 Å². The van der Waals surface area contributed by atoms with E-state index in [1.165, 1.54) is 17.7 Å². The summed E-state index contributed by atoms with van der Waals surface area (Å²) in [5.74, 6) is 0. The largest absolute Gasteiger partial charge is 0.373 e. The Balaban J connectivity index is 1.93. The van der Waals surface area contributed by atoms with Gasteiger partial charge >= 0.3 is 0 Å². The fourth-order valence-electron chi connectivity index (χ4n) is 3.22. The average Bonchev–Trinajstić information content (AvgIpc) is 2.97. The standard InChI is InChI=1S/C18H21N3O4S/c1-12(2)20-26(24,25)14-8-10-17(18(11-14)21(22)23)19-16-9-7-13-5-3-4-6-15(13)16/h3-6,8,10-12,16,19-20H,7,9H2,1-2H3. The van der Waals surface area contributed by atoms with Crippen molar-refractivity contribution < 1.29 is 13.3 Å². The Kier molecular flexibility index (Phi) is 4.97. The first-order chi connectivity index (χ1) is 12.3. The Morgan fingerprint density at radius 1 is 1.19 bits per heavy atom. The second kappa shape index (κ2) is 7.05. The third-order valence-electron chi connectivity index (χ3n) is 4.33. The van der Waals surface area contributed by atoms with Gasteiger partial charge in [0.15, 0.2) is 0 Å². The van der Waals surface area contributed by atoms with Gasteiger partial charge in [0.05, 0.1) is 15.9 Å². The smallest absolute Gasteiger partial charge is 0.293 e. The Morgan fingerprint density at radius 2 is 1.92 bits per heavy atom. The summed E-state index contributed by atoms with van der Waals surface area (Å²) in [5, 5.41) is 14.7. The van der Waals surface area contributed by atoms with E-state index in [0.29, 0.717) is 5.69 Å². The van der Waals surface area contributed by atoms with Crippen LogP contribution in [0.1, 0.15) is 37.4 Å². The van der Waals surface area contributed by atoms with E-state index in [0.717, 1.165) is 24.5 Å². The number of nitro benzene ring substituents is 1. The number of fused-ring (bicyclic) bond motifs is 1. The second-order valence-corrected chi connectivity index (χ2v) is 8.36. The zero-order valence-corrected chi connectivity index (χ0v) is 15.4. The third kappa shape index (κ3) is 3.71. The maximum absolute atomic E-state index is 12.3. The molecule has 0 spiro atoms. The SMILES string of the molecule is CC(C)NS(=O)(=O)c1ccc(NC2CCc3ccccc32)c([N+](=O)[O-])c1. The van der Waals surface area contributed by atoms with Crippen molar-refractivity contribution >= 4 is 21.4 Å². The van der Waals surface area contributed by atoms with Crippen LogP contribution in [0.25, 0.3) is 0 Å². The van der Waals surface area contributed by atoms with E-state index >= 15 is 0 Å². The van der Waals surface area contributed by atoms with Gasteiger partial charge in [-0.3, -0.25) is 10.1 Å². The molecule has 2 aromatic rings. The highest BCUT2D eigenvalue weighted by atomic mass is 32.2. The fraction of sp³-hybridized carbons (Fsp3) is 0.333. The van der Waals surface area contributed by atoms with Crippen molar-refractivity contribution in [2.75, 3.05) is 5.32 Å². The number of nitro groups is 1. The number of sulfonamides is 1. The highest BCUT2D eigenvalue weighted by Crippen LogP contribution is 2.37. The number of hydrogen-bond donors (Lipinski definition) is 2. The van der Waals surface area contributed by atoms with Crippen LogP contribution in [0.4, 0.5) is 11.4 Å². The lowest BCUT2D eigenvalue weighted by Gasteiger charge is -2.16. The monoisotopic (exact) mass is 375 g/mol. The third-order valence-corrected chi connectivity index (χ3v) is 5.99. The van der Waals surface area contributed by atoms with Gasteiger partial charge in [-0.05, 0) is 49.9 Å². The van der Waals surface area contributed by atoms with Crippen LogP contribution in [-0.2, 0) is 16.4 Å². The van der Waals surface area contributed by atoms with Gasteiger partial charge in [-0.25, -0.2) is 13.1 Å². The van der Waals surface area contributed by atoms with Crippen LogP contribution in [0.2, 0.25) is 0 Å². The van der Waals surface area contributed by atoms with E-state index in [4.69, 9.17) is 0 Å². The van der Waals surface area contributed by atoms with Crippen LogP contribution < -0.4 is 10.0 Å². The summed E-state index contributed by atoms with van der Waals surface area (Å²) in [6, 6.07) is 11.6. The van der Waals surface area contributed by atoms with Crippen LogP contribution in [0.5, 0.6) is 0 Å². The lowest BCUT2D eigenvalue weighted by molar-refractivity contribution is -0.384. The van der Waals surface area contributed by atoms with Crippen molar-refractivity contribution in [3.05, 3.63) is 63.7 Å². The lowest BCUT2D eigenvalue weighted by Crippen LogP contribution is -2.30. The lowest BCUT2D eigenvalue weighted by atomic mass is 10.1. The van der Waals surface area contributed by atoms with Gasteiger partial charge in [-0.15, -0.1) is 0 Å². The Morgan fingerprint density at radius 3 is 2.62 bits per heavy atom. The van der Waals surface area contributed by atoms with E-state index < -0.39 is 14.9 Å². The van der Waals surface area contributed by atoms with E-state index in [-0.39, 0.29) is 22.7 Å². The molecule has 1 unspecified atom stereocenters. The molecule has 1 aliphatic carbocycles. The molecule has 0 saturated carbocycles. The summed E-state index contributed by atoms with van der Waals surface area (Å²) >= 11 is 0. The normalized spacial score (nSPS) is 16.5. The minimum atomic E-state index is -3.79. The first-order valence-corrected chi connectivity index (χ1v) is 9.91. The Hall–Kier alpha value is -2.45. The van der Waals surface area contributed by atoms with Gasteiger partial charge < -0.3 is 5.32 Å². The first kappa shape index (κ1) is 18.3. The number of benzene rings is 2. The van der Waals surface area contributed by atoms with Crippen LogP contribution in [-0.4, -0.2) is 19.4 Å².